The standard InChI is InChI=1S/C27H30F3N5O3/c1-26(2,3)38-25(37)32-13-18-12-22-23(35(15-18)21-9-7-20(8-10-21)27(28,29)30)16-34(33-22)14-17-5-4-6-19(11-17)24(31)36/h4-11,16,18H,12-15H2,1-3H3,(H2,31,36)(H,32,37). The Morgan fingerprint density at radius 2 is 1.84 bits per heavy atom. The molecule has 0 fully saturated rings. The van der Waals surface area contributed by atoms with Gasteiger partial charge in [-0.25, -0.2) is 4.79 Å². The van der Waals surface area contributed by atoms with E-state index < -0.39 is 29.3 Å². The molecule has 202 valence electrons. The number of alkyl halides is 3. The monoisotopic (exact) mass is 529 g/mol. The molecule has 0 saturated heterocycles. The second-order valence-electron chi connectivity index (χ2n) is 10.3. The number of nitrogens with two attached hydrogens (primary N) is 1. The number of aromatic nitrogens is 2. The number of carbonyl (C=O) groups is 2. The van der Waals surface area contributed by atoms with Gasteiger partial charge in [-0.1, -0.05) is 12.1 Å². The third-order valence-electron chi connectivity index (χ3n) is 6.03. The number of rotatable bonds is 6. The van der Waals surface area contributed by atoms with Gasteiger partial charge in [-0.15, -0.1) is 0 Å². The lowest BCUT2D eigenvalue weighted by Crippen LogP contribution is -2.41. The molecule has 1 unspecified atom stereocenters. The van der Waals surface area contributed by atoms with Gasteiger partial charge in [0.15, 0.2) is 0 Å². The van der Waals surface area contributed by atoms with Gasteiger partial charge in [0.2, 0.25) is 5.91 Å². The van der Waals surface area contributed by atoms with Crippen molar-refractivity contribution in [1.82, 2.24) is 15.1 Å². The molecule has 8 nitrogen and oxygen atoms in total. The molecule has 1 aromatic heterocycles. The van der Waals surface area contributed by atoms with Gasteiger partial charge in [0.25, 0.3) is 0 Å². The molecule has 2 aromatic carbocycles. The summed E-state index contributed by atoms with van der Waals surface area (Å²) in [5.74, 6) is -0.598. The molecule has 0 bridgehead atoms. The Labute approximate surface area is 218 Å². The third kappa shape index (κ3) is 6.64. The van der Waals surface area contributed by atoms with Crippen molar-refractivity contribution in [3.63, 3.8) is 0 Å². The van der Waals surface area contributed by atoms with Gasteiger partial charge in [0, 0.05) is 30.5 Å². The van der Waals surface area contributed by atoms with Gasteiger partial charge in [-0.2, -0.15) is 18.3 Å². The van der Waals surface area contributed by atoms with Crippen LogP contribution in [-0.2, 0) is 23.9 Å². The van der Waals surface area contributed by atoms with E-state index in [1.165, 1.54) is 12.1 Å². The molecular weight excluding hydrogens is 499 g/mol. The SMILES string of the molecule is CC(C)(C)OC(=O)NCC1Cc2nn(Cc3cccc(C(N)=O)c3)cc2N(c2ccc(C(F)(F)F)cc2)C1. The number of halogens is 3. The highest BCUT2D eigenvalue weighted by molar-refractivity contribution is 5.92. The van der Waals surface area contributed by atoms with Crippen molar-refractivity contribution in [2.24, 2.45) is 11.7 Å². The fourth-order valence-electron chi connectivity index (χ4n) is 4.36. The first-order valence-corrected chi connectivity index (χ1v) is 12.2. The summed E-state index contributed by atoms with van der Waals surface area (Å²) in [4.78, 5) is 25.7. The number of benzene rings is 2. The molecule has 0 saturated carbocycles. The Kier molecular flexibility index (Phi) is 7.39. The molecule has 0 aliphatic carbocycles. The van der Waals surface area contributed by atoms with Gasteiger partial charge < -0.3 is 20.7 Å². The van der Waals surface area contributed by atoms with Crippen LogP contribution in [0.15, 0.2) is 54.7 Å². The van der Waals surface area contributed by atoms with Crippen molar-refractivity contribution in [2.45, 2.75) is 45.5 Å². The minimum atomic E-state index is -4.43. The van der Waals surface area contributed by atoms with E-state index >= 15 is 0 Å². The summed E-state index contributed by atoms with van der Waals surface area (Å²) in [5.41, 5.74) is 7.34. The Hall–Kier alpha value is -4.02. The normalized spacial score (nSPS) is 15.6. The minimum Gasteiger partial charge on any atom is -0.444 e. The molecule has 2 amide bonds. The number of carbonyl (C=O) groups excluding carboxylic acids is 2. The first-order chi connectivity index (χ1) is 17.8. The van der Waals surface area contributed by atoms with Crippen LogP contribution in [0.5, 0.6) is 0 Å². The smallest absolute Gasteiger partial charge is 0.416 e. The maximum absolute atomic E-state index is 13.1. The lowest BCUT2D eigenvalue weighted by atomic mass is 9.96. The second kappa shape index (κ2) is 10.4. The summed E-state index contributed by atoms with van der Waals surface area (Å²) >= 11 is 0. The van der Waals surface area contributed by atoms with E-state index in [1.807, 2.05) is 17.2 Å². The third-order valence-corrected chi connectivity index (χ3v) is 6.03. The number of primary amides is 1. The van der Waals surface area contributed by atoms with Gasteiger partial charge >= 0.3 is 12.3 Å². The van der Waals surface area contributed by atoms with Crippen LogP contribution in [0, 0.1) is 5.92 Å². The minimum absolute atomic E-state index is 0.0705. The average Bonchev–Trinajstić information content (AvgIpc) is 3.23. The number of fused-ring (bicyclic) bond motifs is 1. The van der Waals surface area contributed by atoms with E-state index in [1.54, 1.807) is 43.7 Å². The Morgan fingerprint density at radius 1 is 1.13 bits per heavy atom. The lowest BCUT2D eigenvalue weighted by Gasteiger charge is -2.34. The fourth-order valence-corrected chi connectivity index (χ4v) is 4.36. The summed E-state index contributed by atoms with van der Waals surface area (Å²) in [5, 5.41) is 7.51. The predicted molar refractivity (Wildman–Crippen MR) is 136 cm³/mol. The van der Waals surface area contributed by atoms with E-state index in [-0.39, 0.29) is 5.92 Å². The number of nitrogens with zero attached hydrogens (tertiary/aromatic N) is 3. The number of hydrogen-bond acceptors (Lipinski definition) is 5. The van der Waals surface area contributed by atoms with Crippen molar-refractivity contribution >= 4 is 23.4 Å². The van der Waals surface area contributed by atoms with Crippen LogP contribution in [0.1, 0.15) is 48.0 Å². The number of anilines is 2. The van der Waals surface area contributed by atoms with Gasteiger partial charge in [0.05, 0.1) is 23.5 Å². The van der Waals surface area contributed by atoms with E-state index in [2.05, 4.69) is 5.32 Å². The number of amides is 2. The van der Waals surface area contributed by atoms with E-state index in [0.29, 0.717) is 37.3 Å². The zero-order valence-corrected chi connectivity index (χ0v) is 21.4. The summed E-state index contributed by atoms with van der Waals surface area (Å²) in [7, 11) is 0. The largest absolute Gasteiger partial charge is 0.444 e. The first kappa shape index (κ1) is 27.0. The van der Waals surface area contributed by atoms with Crippen molar-refractivity contribution in [2.75, 3.05) is 18.0 Å². The first-order valence-electron chi connectivity index (χ1n) is 12.2. The van der Waals surface area contributed by atoms with Crippen LogP contribution in [0.3, 0.4) is 0 Å². The molecular formula is C27H30F3N5O3. The van der Waals surface area contributed by atoms with Crippen LogP contribution < -0.4 is 16.0 Å². The molecule has 0 spiro atoms. The number of ether oxygens (including phenoxy) is 1. The highest BCUT2D eigenvalue weighted by atomic mass is 19.4. The van der Waals surface area contributed by atoms with Crippen LogP contribution in [0.2, 0.25) is 0 Å². The van der Waals surface area contributed by atoms with Crippen LogP contribution in [0.25, 0.3) is 0 Å². The van der Waals surface area contributed by atoms with Crippen LogP contribution in [-0.4, -0.2) is 40.5 Å². The number of alkyl carbamates (subject to hydrolysis) is 1. The molecule has 38 heavy (non-hydrogen) atoms. The fraction of sp³-hybridized carbons (Fsp3) is 0.370. The molecule has 3 aromatic rings. The lowest BCUT2D eigenvalue weighted by molar-refractivity contribution is -0.137. The summed E-state index contributed by atoms with van der Waals surface area (Å²) < 4.78 is 46.5. The maximum atomic E-state index is 13.1. The Bertz CT molecular complexity index is 1310. The highest BCUT2D eigenvalue weighted by Crippen LogP contribution is 2.37. The van der Waals surface area contributed by atoms with Crippen molar-refractivity contribution in [1.29, 1.82) is 0 Å². The van der Waals surface area contributed by atoms with Gasteiger partial charge in [-0.05, 0) is 75.1 Å². The zero-order valence-electron chi connectivity index (χ0n) is 21.4. The molecule has 1 aliphatic heterocycles. The predicted octanol–water partition coefficient (Wildman–Crippen LogP) is 4.88. The molecule has 4 rings (SSSR count). The van der Waals surface area contributed by atoms with Crippen molar-refractivity contribution in [3.05, 3.63) is 77.1 Å². The molecule has 0 radical (unpaired) electrons. The summed E-state index contributed by atoms with van der Waals surface area (Å²) in [6, 6.07) is 11.9. The van der Waals surface area contributed by atoms with Crippen LogP contribution in [0.4, 0.5) is 29.3 Å². The van der Waals surface area contributed by atoms with Gasteiger partial charge in [-0.3, -0.25) is 9.48 Å². The van der Waals surface area contributed by atoms with E-state index in [4.69, 9.17) is 15.6 Å². The van der Waals surface area contributed by atoms with E-state index in [0.717, 1.165) is 29.1 Å². The Morgan fingerprint density at radius 3 is 2.47 bits per heavy atom. The molecule has 11 heteroatoms. The zero-order chi connectivity index (χ0) is 27.7. The topological polar surface area (TPSA) is 102 Å². The van der Waals surface area contributed by atoms with Crippen molar-refractivity contribution < 1.29 is 27.5 Å². The average molecular weight is 530 g/mol. The second-order valence-corrected chi connectivity index (χ2v) is 10.3. The molecule has 3 N–H and O–H groups in total. The van der Waals surface area contributed by atoms with Crippen molar-refractivity contribution in [3.8, 4) is 0 Å². The highest BCUT2D eigenvalue weighted by Gasteiger charge is 2.32. The molecule has 1 atom stereocenters. The van der Waals surface area contributed by atoms with E-state index in [9.17, 15) is 22.8 Å². The van der Waals surface area contributed by atoms with Gasteiger partial charge in [0.1, 0.15) is 5.60 Å². The Balaban J connectivity index is 1.60. The number of hydrogen-bond donors (Lipinski definition) is 2. The molecule has 2 heterocycles. The number of nitrogens with one attached hydrogen (secondary N) is 1. The summed E-state index contributed by atoms with van der Waals surface area (Å²) in [6.07, 6.45) is -2.59. The maximum Gasteiger partial charge on any atom is 0.416 e. The summed E-state index contributed by atoms with van der Waals surface area (Å²) in [6.45, 7) is 6.46. The van der Waals surface area contributed by atoms with Crippen LogP contribution >= 0.6 is 0 Å². The quantitative estimate of drug-likeness (QED) is 0.474. The molecule has 1 aliphatic rings.